The molecule has 7 heteroatoms. The van der Waals surface area contributed by atoms with E-state index in [4.69, 9.17) is 0 Å². The molecule has 20 heavy (non-hydrogen) atoms. The van der Waals surface area contributed by atoms with E-state index in [1.807, 2.05) is 26.0 Å². The van der Waals surface area contributed by atoms with Gasteiger partial charge in [0, 0.05) is 29.0 Å². The summed E-state index contributed by atoms with van der Waals surface area (Å²) in [4.78, 5) is 13.5. The fourth-order valence-electron chi connectivity index (χ4n) is 2.51. The minimum absolute atomic E-state index is 0.0636. The SMILES string of the molecule is Cc1cc(C)c(N2CC(CS(=O)(=O)F)CC2=O)cc1Br. The van der Waals surface area contributed by atoms with E-state index in [9.17, 15) is 17.1 Å². The number of amides is 1. The van der Waals surface area contributed by atoms with Crippen molar-refractivity contribution in [3.63, 3.8) is 0 Å². The van der Waals surface area contributed by atoms with Crippen LogP contribution in [0.4, 0.5) is 9.57 Å². The molecule has 1 aromatic rings. The molecular formula is C13H15BrFNO3S. The van der Waals surface area contributed by atoms with Crippen LogP contribution in [0.15, 0.2) is 16.6 Å². The summed E-state index contributed by atoms with van der Waals surface area (Å²) in [5.74, 6) is -1.25. The fourth-order valence-corrected chi connectivity index (χ4v) is 3.63. The molecule has 0 aliphatic carbocycles. The van der Waals surface area contributed by atoms with Crippen molar-refractivity contribution in [1.82, 2.24) is 0 Å². The third-order valence-electron chi connectivity index (χ3n) is 3.41. The Bertz CT molecular complexity index is 660. The van der Waals surface area contributed by atoms with Crippen molar-refractivity contribution in [3.05, 3.63) is 27.7 Å². The number of rotatable bonds is 3. The Labute approximate surface area is 126 Å². The lowest BCUT2D eigenvalue weighted by Crippen LogP contribution is -2.26. The fraction of sp³-hybridized carbons (Fsp3) is 0.462. The Balaban J connectivity index is 2.26. The van der Waals surface area contributed by atoms with Gasteiger partial charge >= 0.3 is 10.2 Å². The molecule has 0 saturated carbocycles. The first kappa shape index (κ1) is 15.4. The third-order valence-corrected chi connectivity index (χ3v) is 5.13. The molecule has 0 radical (unpaired) electrons. The first-order valence-electron chi connectivity index (χ1n) is 6.17. The van der Waals surface area contributed by atoms with Crippen molar-refractivity contribution in [2.45, 2.75) is 20.3 Å². The van der Waals surface area contributed by atoms with Gasteiger partial charge in [0.05, 0.1) is 5.75 Å². The van der Waals surface area contributed by atoms with Gasteiger partial charge in [-0.25, -0.2) is 0 Å². The molecule has 0 spiro atoms. The van der Waals surface area contributed by atoms with Gasteiger partial charge in [-0.3, -0.25) is 4.79 Å². The molecule has 1 amide bonds. The van der Waals surface area contributed by atoms with Gasteiger partial charge < -0.3 is 4.90 Å². The molecule has 0 bridgehead atoms. The minimum Gasteiger partial charge on any atom is -0.312 e. The summed E-state index contributed by atoms with van der Waals surface area (Å²) in [6, 6.07) is 3.79. The number of hydrogen-bond acceptors (Lipinski definition) is 3. The number of benzene rings is 1. The van der Waals surface area contributed by atoms with Crippen LogP contribution in [0.1, 0.15) is 17.5 Å². The lowest BCUT2D eigenvalue weighted by molar-refractivity contribution is -0.117. The standard InChI is InChI=1S/C13H15BrFNO3S/c1-8-3-9(2)12(5-11(8)14)16-6-10(4-13(16)17)7-20(15,18)19/h3,5,10H,4,6-7H2,1-2H3. The third kappa shape index (κ3) is 3.38. The van der Waals surface area contributed by atoms with Gasteiger partial charge in [0.1, 0.15) is 0 Å². The number of aryl methyl sites for hydroxylation is 2. The Kier molecular flexibility index (Phi) is 4.20. The van der Waals surface area contributed by atoms with Crippen LogP contribution in [-0.2, 0) is 15.0 Å². The molecule has 1 aromatic carbocycles. The molecule has 110 valence electrons. The van der Waals surface area contributed by atoms with Crippen LogP contribution in [0.2, 0.25) is 0 Å². The second-order valence-electron chi connectivity index (χ2n) is 5.17. The maximum Gasteiger partial charge on any atom is 0.302 e. The Morgan fingerprint density at radius 3 is 2.60 bits per heavy atom. The van der Waals surface area contributed by atoms with E-state index in [2.05, 4.69) is 15.9 Å². The van der Waals surface area contributed by atoms with E-state index < -0.39 is 21.9 Å². The van der Waals surface area contributed by atoms with Crippen molar-refractivity contribution < 1.29 is 17.1 Å². The molecule has 1 atom stereocenters. The quantitative estimate of drug-likeness (QED) is 0.775. The zero-order valence-corrected chi connectivity index (χ0v) is 13.6. The summed E-state index contributed by atoms with van der Waals surface area (Å²) < 4.78 is 35.0. The number of nitrogens with zero attached hydrogens (tertiary/aromatic N) is 1. The van der Waals surface area contributed by atoms with Crippen LogP contribution < -0.4 is 4.90 Å². The van der Waals surface area contributed by atoms with E-state index in [1.54, 1.807) is 0 Å². The monoisotopic (exact) mass is 363 g/mol. The predicted molar refractivity (Wildman–Crippen MR) is 79.0 cm³/mol. The highest BCUT2D eigenvalue weighted by Gasteiger charge is 2.34. The highest BCUT2D eigenvalue weighted by molar-refractivity contribution is 9.10. The normalized spacial score (nSPS) is 19.7. The molecule has 1 aliphatic rings. The summed E-state index contributed by atoms with van der Waals surface area (Å²) in [5.41, 5.74) is 2.73. The smallest absolute Gasteiger partial charge is 0.302 e. The average Bonchev–Trinajstić information content (AvgIpc) is 2.62. The first-order chi connectivity index (χ1) is 9.17. The minimum atomic E-state index is -4.55. The van der Waals surface area contributed by atoms with E-state index in [1.165, 1.54) is 4.90 Å². The molecule has 1 unspecified atom stereocenters. The van der Waals surface area contributed by atoms with E-state index in [-0.39, 0.29) is 18.9 Å². The molecular weight excluding hydrogens is 349 g/mol. The molecule has 0 aromatic heterocycles. The Hall–Kier alpha value is -0.950. The van der Waals surface area contributed by atoms with Crippen LogP contribution in [0.3, 0.4) is 0 Å². The van der Waals surface area contributed by atoms with Gasteiger partial charge in [-0.2, -0.15) is 8.42 Å². The zero-order valence-electron chi connectivity index (χ0n) is 11.2. The predicted octanol–water partition coefficient (Wildman–Crippen LogP) is 2.72. The van der Waals surface area contributed by atoms with Gasteiger partial charge in [-0.05, 0) is 31.0 Å². The van der Waals surface area contributed by atoms with Crippen LogP contribution in [0, 0.1) is 19.8 Å². The Morgan fingerprint density at radius 1 is 1.35 bits per heavy atom. The molecule has 1 saturated heterocycles. The van der Waals surface area contributed by atoms with Crippen molar-refractivity contribution >= 4 is 37.7 Å². The van der Waals surface area contributed by atoms with Gasteiger partial charge in [-0.1, -0.05) is 22.0 Å². The van der Waals surface area contributed by atoms with Crippen LogP contribution in [-0.4, -0.2) is 26.6 Å². The van der Waals surface area contributed by atoms with Gasteiger partial charge in [0.25, 0.3) is 0 Å². The largest absolute Gasteiger partial charge is 0.312 e. The van der Waals surface area contributed by atoms with Crippen molar-refractivity contribution in [1.29, 1.82) is 0 Å². The maximum absolute atomic E-state index is 12.7. The van der Waals surface area contributed by atoms with E-state index in [0.717, 1.165) is 21.3 Å². The number of hydrogen-bond donors (Lipinski definition) is 0. The number of carbonyl (C=O) groups excluding carboxylic acids is 1. The van der Waals surface area contributed by atoms with Crippen LogP contribution in [0.25, 0.3) is 0 Å². The molecule has 2 rings (SSSR count). The molecule has 4 nitrogen and oxygen atoms in total. The van der Waals surface area contributed by atoms with E-state index >= 15 is 0 Å². The Morgan fingerprint density at radius 2 is 2.00 bits per heavy atom. The number of anilines is 1. The van der Waals surface area contributed by atoms with Crippen molar-refractivity contribution in [2.75, 3.05) is 17.2 Å². The number of halogens is 2. The summed E-state index contributed by atoms with van der Waals surface area (Å²) >= 11 is 3.42. The summed E-state index contributed by atoms with van der Waals surface area (Å²) in [6.07, 6.45) is 0.0636. The van der Waals surface area contributed by atoms with Gasteiger partial charge in [0.2, 0.25) is 5.91 Å². The van der Waals surface area contributed by atoms with Crippen molar-refractivity contribution in [2.24, 2.45) is 5.92 Å². The maximum atomic E-state index is 12.7. The zero-order chi connectivity index (χ0) is 15.1. The second-order valence-corrected chi connectivity index (χ2v) is 7.43. The summed E-state index contributed by atoms with van der Waals surface area (Å²) in [7, 11) is -4.55. The van der Waals surface area contributed by atoms with Crippen LogP contribution >= 0.6 is 15.9 Å². The average molecular weight is 364 g/mol. The molecule has 1 aliphatic heterocycles. The topological polar surface area (TPSA) is 54.5 Å². The molecule has 1 heterocycles. The van der Waals surface area contributed by atoms with Gasteiger partial charge in [-0.15, -0.1) is 3.89 Å². The summed E-state index contributed by atoms with van der Waals surface area (Å²) in [5, 5.41) is 0. The van der Waals surface area contributed by atoms with Crippen LogP contribution in [0.5, 0.6) is 0 Å². The lowest BCUT2D eigenvalue weighted by atomic mass is 10.1. The highest BCUT2D eigenvalue weighted by Crippen LogP contribution is 2.32. The van der Waals surface area contributed by atoms with E-state index in [0.29, 0.717) is 0 Å². The van der Waals surface area contributed by atoms with Gasteiger partial charge in [0.15, 0.2) is 0 Å². The van der Waals surface area contributed by atoms with Crippen molar-refractivity contribution in [3.8, 4) is 0 Å². The summed E-state index contributed by atoms with van der Waals surface area (Å²) in [6.45, 7) is 4.07. The second kappa shape index (κ2) is 5.44. The number of carbonyl (C=O) groups is 1. The first-order valence-corrected chi connectivity index (χ1v) is 8.51. The lowest BCUT2D eigenvalue weighted by Gasteiger charge is -2.20. The molecule has 0 N–H and O–H groups in total. The highest BCUT2D eigenvalue weighted by atomic mass is 79.9. The molecule has 1 fully saturated rings.